The second-order valence-electron chi connectivity index (χ2n) is 9.19. The van der Waals surface area contributed by atoms with Gasteiger partial charge in [-0.2, -0.15) is 0 Å². The van der Waals surface area contributed by atoms with Gasteiger partial charge >= 0.3 is 0 Å². The first-order valence-corrected chi connectivity index (χ1v) is 14.6. The minimum absolute atomic E-state index is 0.0263. The zero-order valence-electron chi connectivity index (χ0n) is 23.4. The first-order chi connectivity index (χ1) is 19.2. The van der Waals surface area contributed by atoms with Gasteiger partial charge in [0.15, 0.2) is 0 Å². The Kier molecular flexibility index (Phi) is 11.0. The van der Waals surface area contributed by atoms with Crippen molar-refractivity contribution >= 4 is 27.5 Å². The molecule has 214 valence electrons. The lowest BCUT2D eigenvalue weighted by molar-refractivity contribution is -0.139. The molecule has 0 saturated heterocycles. The van der Waals surface area contributed by atoms with Crippen LogP contribution in [-0.2, 0) is 26.2 Å². The smallest absolute Gasteiger partial charge is 0.264 e. The number of unbranched alkanes of at least 4 members (excludes halogenated alkanes) is 1. The predicted molar refractivity (Wildman–Crippen MR) is 155 cm³/mol. The van der Waals surface area contributed by atoms with Crippen LogP contribution in [0.15, 0.2) is 83.8 Å². The van der Waals surface area contributed by atoms with E-state index in [0.717, 1.165) is 22.7 Å². The van der Waals surface area contributed by atoms with Gasteiger partial charge < -0.3 is 19.7 Å². The molecular formula is C30H37N3O6S. The molecule has 0 aromatic heterocycles. The number of carbonyl (C=O) groups is 2. The normalized spacial score (nSPS) is 11.8. The largest absolute Gasteiger partial charge is 0.497 e. The number of carbonyl (C=O) groups excluding carboxylic acids is 2. The van der Waals surface area contributed by atoms with Gasteiger partial charge in [-0.15, -0.1) is 0 Å². The maximum Gasteiger partial charge on any atom is 0.264 e. The fraction of sp³-hybridized carbons (Fsp3) is 0.333. The molecule has 3 aromatic carbocycles. The molecule has 0 saturated carbocycles. The summed E-state index contributed by atoms with van der Waals surface area (Å²) in [4.78, 5) is 28.5. The van der Waals surface area contributed by atoms with E-state index in [1.807, 2.05) is 13.0 Å². The molecular weight excluding hydrogens is 530 g/mol. The Morgan fingerprint density at radius 3 is 2.30 bits per heavy atom. The highest BCUT2D eigenvalue weighted by Crippen LogP contribution is 2.32. The van der Waals surface area contributed by atoms with E-state index in [0.29, 0.717) is 18.0 Å². The Bertz CT molecular complexity index is 1380. The lowest BCUT2D eigenvalue weighted by atomic mass is 10.1. The van der Waals surface area contributed by atoms with E-state index in [-0.39, 0.29) is 23.0 Å². The summed E-state index contributed by atoms with van der Waals surface area (Å²) in [5.41, 5.74) is 0.944. The molecule has 0 aliphatic carbocycles. The van der Waals surface area contributed by atoms with Crippen LogP contribution in [0.3, 0.4) is 0 Å². The molecule has 0 aliphatic rings. The molecule has 0 spiro atoms. The number of methoxy groups -OCH3 is 2. The van der Waals surface area contributed by atoms with Gasteiger partial charge in [-0.05, 0) is 55.3 Å². The van der Waals surface area contributed by atoms with Crippen LogP contribution in [0.4, 0.5) is 5.69 Å². The lowest BCUT2D eigenvalue weighted by Gasteiger charge is -2.32. The summed E-state index contributed by atoms with van der Waals surface area (Å²) in [7, 11) is -1.19. The van der Waals surface area contributed by atoms with Gasteiger partial charge in [0, 0.05) is 13.1 Å². The summed E-state index contributed by atoms with van der Waals surface area (Å²) in [6.07, 6.45) is 1.71. The summed E-state index contributed by atoms with van der Waals surface area (Å²) >= 11 is 0. The van der Waals surface area contributed by atoms with E-state index in [1.54, 1.807) is 74.7 Å². The molecule has 1 N–H and O–H groups in total. The monoisotopic (exact) mass is 567 g/mol. The summed E-state index contributed by atoms with van der Waals surface area (Å²) in [6.45, 7) is 3.67. The van der Waals surface area contributed by atoms with Crippen molar-refractivity contribution in [3.8, 4) is 11.5 Å². The van der Waals surface area contributed by atoms with Crippen molar-refractivity contribution in [1.82, 2.24) is 10.2 Å². The van der Waals surface area contributed by atoms with Crippen LogP contribution in [-0.4, -0.2) is 58.5 Å². The Morgan fingerprint density at radius 2 is 1.62 bits per heavy atom. The molecule has 40 heavy (non-hydrogen) atoms. The number of hydrogen-bond acceptors (Lipinski definition) is 6. The van der Waals surface area contributed by atoms with Crippen molar-refractivity contribution in [3.05, 3.63) is 84.4 Å². The number of nitrogens with zero attached hydrogens (tertiary/aromatic N) is 2. The molecule has 2 amide bonds. The number of nitrogens with one attached hydrogen (secondary N) is 1. The third kappa shape index (κ3) is 7.53. The van der Waals surface area contributed by atoms with Gasteiger partial charge in [0.1, 0.15) is 24.1 Å². The van der Waals surface area contributed by atoms with E-state index in [2.05, 4.69) is 5.32 Å². The standard InChI is InChI=1S/C30H37N3O6S/c1-5-6-19-31-30(35)23(2)32(21-24-13-12-14-25(20-24)38-3)29(34)22-33(27-17-10-11-18-28(27)39-4)40(36,37)26-15-8-7-9-16-26/h7-18,20,23H,5-6,19,21-22H2,1-4H3,(H,31,35). The number of hydrogen-bond donors (Lipinski definition) is 1. The zero-order chi connectivity index (χ0) is 29.1. The molecule has 1 unspecified atom stereocenters. The van der Waals surface area contributed by atoms with Gasteiger partial charge in [-0.25, -0.2) is 8.42 Å². The van der Waals surface area contributed by atoms with Crippen molar-refractivity contribution in [2.45, 2.75) is 44.2 Å². The first-order valence-electron chi connectivity index (χ1n) is 13.1. The molecule has 0 bridgehead atoms. The summed E-state index contributed by atoms with van der Waals surface area (Å²) in [5, 5.41) is 2.88. The Labute approximate surface area is 236 Å². The fourth-order valence-corrected chi connectivity index (χ4v) is 5.60. The summed E-state index contributed by atoms with van der Waals surface area (Å²) in [6, 6.07) is 20.8. The maximum absolute atomic E-state index is 14.0. The number of benzene rings is 3. The second kappa shape index (κ2) is 14.4. The molecule has 0 radical (unpaired) electrons. The van der Waals surface area contributed by atoms with Crippen LogP contribution in [0.25, 0.3) is 0 Å². The van der Waals surface area contributed by atoms with Crippen LogP contribution < -0.4 is 19.1 Å². The molecule has 0 aliphatic heterocycles. The molecule has 0 fully saturated rings. The van der Waals surface area contributed by atoms with Crippen LogP contribution >= 0.6 is 0 Å². The van der Waals surface area contributed by atoms with Crippen molar-refractivity contribution in [1.29, 1.82) is 0 Å². The predicted octanol–water partition coefficient (Wildman–Crippen LogP) is 4.23. The van der Waals surface area contributed by atoms with Crippen LogP contribution in [0.2, 0.25) is 0 Å². The Morgan fingerprint density at radius 1 is 0.925 bits per heavy atom. The molecule has 0 heterocycles. The van der Waals surface area contributed by atoms with Crippen molar-refractivity contribution < 1.29 is 27.5 Å². The SMILES string of the molecule is CCCCNC(=O)C(C)N(Cc1cccc(OC)c1)C(=O)CN(c1ccccc1OC)S(=O)(=O)c1ccccc1. The Hall–Kier alpha value is -4.05. The number of ether oxygens (including phenoxy) is 2. The van der Waals surface area contributed by atoms with Crippen molar-refractivity contribution in [2.24, 2.45) is 0 Å². The van der Waals surface area contributed by atoms with E-state index in [1.165, 1.54) is 24.1 Å². The summed E-state index contributed by atoms with van der Waals surface area (Å²) in [5.74, 6) is 0.0255. The third-order valence-electron chi connectivity index (χ3n) is 6.45. The number of para-hydroxylation sites is 2. The average molecular weight is 568 g/mol. The average Bonchev–Trinajstić information content (AvgIpc) is 2.98. The van der Waals surface area contributed by atoms with Gasteiger partial charge in [0.2, 0.25) is 11.8 Å². The zero-order valence-corrected chi connectivity index (χ0v) is 24.2. The van der Waals surface area contributed by atoms with Gasteiger partial charge in [-0.3, -0.25) is 13.9 Å². The minimum Gasteiger partial charge on any atom is -0.497 e. The van der Waals surface area contributed by atoms with Crippen LogP contribution in [0.5, 0.6) is 11.5 Å². The van der Waals surface area contributed by atoms with E-state index >= 15 is 0 Å². The number of rotatable bonds is 14. The quantitative estimate of drug-likeness (QED) is 0.292. The van der Waals surface area contributed by atoms with E-state index in [9.17, 15) is 18.0 Å². The topological polar surface area (TPSA) is 105 Å². The van der Waals surface area contributed by atoms with Gasteiger partial charge in [-0.1, -0.05) is 55.8 Å². The first kappa shape index (κ1) is 30.5. The van der Waals surface area contributed by atoms with Crippen LogP contribution in [0, 0.1) is 0 Å². The van der Waals surface area contributed by atoms with E-state index < -0.39 is 28.5 Å². The van der Waals surface area contributed by atoms with Crippen LogP contribution in [0.1, 0.15) is 32.3 Å². The van der Waals surface area contributed by atoms with Gasteiger partial charge in [0.05, 0.1) is 24.8 Å². The van der Waals surface area contributed by atoms with Crippen molar-refractivity contribution in [2.75, 3.05) is 31.6 Å². The number of sulfonamides is 1. The lowest BCUT2D eigenvalue weighted by Crippen LogP contribution is -2.51. The highest BCUT2D eigenvalue weighted by Gasteiger charge is 2.33. The van der Waals surface area contributed by atoms with Crippen molar-refractivity contribution in [3.63, 3.8) is 0 Å². The molecule has 3 rings (SSSR count). The second-order valence-corrected chi connectivity index (χ2v) is 11.1. The molecule has 9 nitrogen and oxygen atoms in total. The molecule has 1 atom stereocenters. The Balaban J connectivity index is 2.03. The highest BCUT2D eigenvalue weighted by molar-refractivity contribution is 7.92. The number of amides is 2. The van der Waals surface area contributed by atoms with Gasteiger partial charge in [0.25, 0.3) is 10.0 Å². The number of anilines is 1. The summed E-state index contributed by atoms with van der Waals surface area (Å²) < 4.78 is 39.6. The third-order valence-corrected chi connectivity index (χ3v) is 8.22. The van der Waals surface area contributed by atoms with E-state index in [4.69, 9.17) is 9.47 Å². The fourth-order valence-electron chi connectivity index (χ4n) is 4.16. The molecule has 3 aromatic rings. The highest BCUT2D eigenvalue weighted by atomic mass is 32.2. The maximum atomic E-state index is 14.0. The molecule has 10 heteroatoms. The minimum atomic E-state index is -4.18.